The van der Waals surface area contributed by atoms with Gasteiger partial charge >= 0.3 is 0 Å². The van der Waals surface area contributed by atoms with Crippen molar-refractivity contribution in [2.75, 3.05) is 6.61 Å². The van der Waals surface area contributed by atoms with Crippen LogP contribution in [0, 0.1) is 0 Å². The third-order valence-electron chi connectivity index (χ3n) is 5.71. The van der Waals surface area contributed by atoms with Crippen molar-refractivity contribution < 1.29 is 4.43 Å². The predicted molar refractivity (Wildman–Crippen MR) is 136 cm³/mol. The maximum Gasteiger partial charge on any atom is 0.261 e. The highest BCUT2D eigenvalue weighted by Gasteiger charge is 2.49. The van der Waals surface area contributed by atoms with Crippen LogP contribution in [0.25, 0.3) is 0 Å². The first-order valence-electron chi connectivity index (χ1n) is 11.3. The van der Waals surface area contributed by atoms with Crippen LogP contribution in [0.15, 0.2) is 96.0 Å². The van der Waals surface area contributed by atoms with E-state index in [0.717, 1.165) is 32.4 Å². The molecule has 3 aromatic carbocycles. The molecule has 3 heteroatoms. The van der Waals surface area contributed by atoms with Crippen LogP contribution < -0.4 is 10.4 Å². The van der Waals surface area contributed by atoms with Crippen LogP contribution in [0.5, 0.6) is 0 Å². The molecule has 3 rings (SSSR count). The van der Waals surface area contributed by atoms with E-state index in [1.165, 1.54) is 15.9 Å². The molecule has 0 heterocycles. The molecule has 0 radical (unpaired) electrons. The van der Waals surface area contributed by atoms with Crippen molar-refractivity contribution in [1.82, 2.24) is 0 Å². The molecule has 0 spiro atoms. The normalized spacial score (nSPS) is 12.4. The first kappa shape index (κ1) is 23.2. The largest absolute Gasteiger partial charge is 0.407 e. The lowest BCUT2D eigenvalue weighted by atomic mass is 10.2. The first-order chi connectivity index (χ1) is 15.0. The van der Waals surface area contributed by atoms with Gasteiger partial charge in [-0.15, -0.1) is 0 Å². The number of unbranched alkanes of at least 4 members (excludes halogenated alkanes) is 2. The van der Waals surface area contributed by atoms with Gasteiger partial charge in [-0.2, -0.15) is 0 Å². The minimum absolute atomic E-state index is 0.0346. The van der Waals surface area contributed by atoms with Gasteiger partial charge < -0.3 is 4.43 Å². The summed E-state index contributed by atoms with van der Waals surface area (Å²) in [6.07, 6.45) is 5.20. The van der Waals surface area contributed by atoms with Gasteiger partial charge in [-0.3, -0.25) is 4.99 Å². The minimum Gasteiger partial charge on any atom is -0.407 e. The molecular weight excluding hydrogens is 394 g/mol. The fourth-order valence-corrected chi connectivity index (χ4v) is 8.78. The molecule has 0 aromatic heterocycles. The summed E-state index contributed by atoms with van der Waals surface area (Å²) in [4.78, 5) is 4.57. The van der Waals surface area contributed by atoms with Gasteiger partial charge in [0.15, 0.2) is 0 Å². The number of hydrogen-bond acceptors (Lipinski definition) is 2. The van der Waals surface area contributed by atoms with Crippen LogP contribution in [0.2, 0.25) is 5.04 Å². The summed E-state index contributed by atoms with van der Waals surface area (Å²) in [6.45, 7) is 8.53. The van der Waals surface area contributed by atoms with Crippen molar-refractivity contribution in [2.24, 2.45) is 4.99 Å². The van der Waals surface area contributed by atoms with E-state index >= 15 is 0 Å². The summed E-state index contributed by atoms with van der Waals surface area (Å²) in [5, 5.41) is 2.73. The lowest BCUT2D eigenvalue weighted by molar-refractivity contribution is 0.289. The molecular formula is C28H35NOSi. The standard InChI is InChI=1S/C28H35NOSi/c1-28(2,3)31(26-18-10-5-11-19-26,27-20-12-6-13-21-27)30-23-15-7-14-22-29-24-25-16-8-4-9-17-25/h4-6,8-13,16-22H,7,14-15,23-24H2,1-3H3. The summed E-state index contributed by atoms with van der Waals surface area (Å²) in [7, 11) is -2.40. The molecule has 0 aliphatic rings. The van der Waals surface area contributed by atoms with Gasteiger partial charge in [-0.25, -0.2) is 0 Å². The van der Waals surface area contributed by atoms with Crippen molar-refractivity contribution in [3.63, 3.8) is 0 Å². The van der Waals surface area contributed by atoms with E-state index in [-0.39, 0.29) is 5.04 Å². The van der Waals surface area contributed by atoms with Crippen LogP contribution in [-0.4, -0.2) is 21.1 Å². The zero-order valence-corrected chi connectivity index (χ0v) is 20.1. The third-order valence-corrected chi connectivity index (χ3v) is 10.8. The summed E-state index contributed by atoms with van der Waals surface area (Å²) < 4.78 is 6.94. The lowest BCUT2D eigenvalue weighted by Gasteiger charge is -2.43. The molecule has 162 valence electrons. The topological polar surface area (TPSA) is 21.6 Å². The highest BCUT2D eigenvalue weighted by atomic mass is 28.4. The predicted octanol–water partition coefficient (Wildman–Crippen LogP) is 6.00. The maximum atomic E-state index is 6.94. The van der Waals surface area contributed by atoms with E-state index in [1.807, 2.05) is 6.07 Å². The Bertz CT molecular complexity index is 878. The number of rotatable bonds is 10. The maximum absolute atomic E-state index is 6.94. The van der Waals surface area contributed by atoms with Gasteiger partial charge in [0.1, 0.15) is 0 Å². The highest BCUT2D eigenvalue weighted by molar-refractivity contribution is 6.99. The minimum atomic E-state index is -2.40. The molecule has 0 N–H and O–H groups in total. The molecule has 0 saturated carbocycles. The molecule has 0 atom stereocenters. The molecule has 0 bridgehead atoms. The molecule has 0 amide bonds. The average Bonchev–Trinajstić information content (AvgIpc) is 2.79. The zero-order chi connectivity index (χ0) is 22.0. The fourth-order valence-electron chi connectivity index (χ4n) is 4.17. The van der Waals surface area contributed by atoms with Crippen LogP contribution in [0.1, 0.15) is 45.6 Å². The van der Waals surface area contributed by atoms with Crippen LogP contribution in [-0.2, 0) is 11.0 Å². The zero-order valence-electron chi connectivity index (χ0n) is 19.1. The molecule has 0 saturated heterocycles. The fraction of sp³-hybridized carbons (Fsp3) is 0.321. The van der Waals surface area contributed by atoms with Gasteiger partial charge in [0.25, 0.3) is 8.32 Å². The average molecular weight is 430 g/mol. The quantitative estimate of drug-likeness (QED) is 0.220. The molecule has 2 nitrogen and oxygen atoms in total. The van der Waals surface area contributed by atoms with Crippen LogP contribution >= 0.6 is 0 Å². The Morgan fingerprint density at radius 3 is 1.77 bits per heavy atom. The van der Waals surface area contributed by atoms with Gasteiger partial charge in [-0.1, -0.05) is 112 Å². The Morgan fingerprint density at radius 1 is 0.742 bits per heavy atom. The SMILES string of the molecule is CC(C)(C)[Si](OCCCCC=NCc1ccccc1)(c1ccccc1)c1ccccc1. The van der Waals surface area contributed by atoms with E-state index in [1.54, 1.807) is 0 Å². The Morgan fingerprint density at radius 2 is 1.26 bits per heavy atom. The van der Waals surface area contributed by atoms with E-state index in [2.05, 4.69) is 117 Å². The van der Waals surface area contributed by atoms with Gasteiger partial charge in [0.2, 0.25) is 0 Å². The molecule has 3 aromatic rings. The Kier molecular flexibility index (Phi) is 8.39. The number of aliphatic imine (C=N–C) groups is 1. The molecule has 0 aliphatic heterocycles. The Balaban J connectivity index is 1.63. The van der Waals surface area contributed by atoms with Crippen LogP contribution in [0.4, 0.5) is 0 Å². The highest BCUT2D eigenvalue weighted by Crippen LogP contribution is 2.36. The van der Waals surface area contributed by atoms with Crippen molar-refractivity contribution in [3.05, 3.63) is 96.6 Å². The van der Waals surface area contributed by atoms with Crippen molar-refractivity contribution in [2.45, 2.75) is 51.6 Å². The van der Waals surface area contributed by atoms with Gasteiger partial charge in [0.05, 0.1) is 6.54 Å². The molecule has 0 fully saturated rings. The van der Waals surface area contributed by atoms with Gasteiger partial charge in [-0.05, 0) is 46.5 Å². The number of nitrogens with zero attached hydrogens (tertiary/aromatic N) is 1. The summed E-state index contributed by atoms with van der Waals surface area (Å²) >= 11 is 0. The molecule has 0 aliphatic carbocycles. The molecule has 0 unspecified atom stereocenters. The Labute approximate surface area is 189 Å². The number of hydrogen-bond donors (Lipinski definition) is 0. The first-order valence-corrected chi connectivity index (χ1v) is 13.2. The van der Waals surface area contributed by atoms with Crippen molar-refractivity contribution in [3.8, 4) is 0 Å². The number of benzene rings is 3. The van der Waals surface area contributed by atoms with Gasteiger partial charge in [0, 0.05) is 6.61 Å². The second kappa shape index (κ2) is 11.2. The summed E-state index contributed by atoms with van der Waals surface area (Å²) in [6, 6.07) is 32.1. The van der Waals surface area contributed by atoms with E-state index in [9.17, 15) is 0 Å². The summed E-state index contributed by atoms with van der Waals surface area (Å²) in [5.74, 6) is 0. The van der Waals surface area contributed by atoms with Crippen LogP contribution in [0.3, 0.4) is 0 Å². The second-order valence-corrected chi connectivity index (χ2v) is 13.3. The van der Waals surface area contributed by atoms with E-state index in [0.29, 0.717) is 0 Å². The molecule has 31 heavy (non-hydrogen) atoms. The Hall–Kier alpha value is -2.49. The lowest BCUT2D eigenvalue weighted by Crippen LogP contribution is -2.66. The third kappa shape index (κ3) is 6.02. The monoisotopic (exact) mass is 429 g/mol. The van der Waals surface area contributed by atoms with Crippen molar-refractivity contribution in [1.29, 1.82) is 0 Å². The smallest absolute Gasteiger partial charge is 0.261 e. The summed E-state index contributed by atoms with van der Waals surface area (Å²) in [5.41, 5.74) is 1.26. The van der Waals surface area contributed by atoms with Crippen molar-refractivity contribution >= 4 is 24.9 Å². The second-order valence-electron chi connectivity index (χ2n) is 9.02. The van der Waals surface area contributed by atoms with E-state index < -0.39 is 8.32 Å². The van der Waals surface area contributed by atoms with E-state index in [4.69, 9.17) is 4.43 Å².